The largest absolute Gasteiger partial charge is 0.380 e. The molecule has 0 saturated carbocycles. The minimum atomic E-state index is -0.450. The fourth-order valence-corrected chi connectivity index (χ4v) is 2.64. The minimum Gasteiger partial charge on any atom is -0.380 e. The van der Waals surface area contributed by atoms with Gasteiger partial charge in [0.05, 0.1) is 0 Å². The molecule has 0 spiro atoms. The molecule has 0 aromatic heterocycles. The maximum absolute atomic E-state index is 11.9. The highest BCUT2D eigenvalue weighted by molar-refractivity contribution is 6.00. The van der Waals surface area contributed by atoms with E-state index < -0.39 is 6.04 Å². The molecule has 19 heavy (non-hydrogen) atoms. The summed E-state index contributed by atoms with van der Waals surface area (Å²) in [6.07, 6.45) is 3.63. The second-order valence-corrected chi connectivity index (χ2v) is 5.11. The Morgan fingerprint density at radius 2 is 2.11 bits per heavy atom. The van der Waals surface area contributed by atoms with Crippen LogP contribution < -0.4 is 5.32 Å². The SMILES string of the molecule is C=C1CCCN(N(CO)C2CCC(=O)NC2=O)CC1. The number of imide groups is 1. The summed E-state index contributed by atoms with van der Waals surface area (Å²) in [5.74, 6) is -0.545. The van der Waals surface area contributed by atoms with Crippen LogP contribution in [0.25, 0.3) is 0 Å². The molecule has 1 atom stereocenters. The van der Waals surface area contributed by atoms with Gasteiger partial charge in [0.25, 0.3) is 0 Å². The van der Waals surface area contributed by atoms with Gasteiger partial charge in [0.15, 0.2) is 0 Å². The van der Waals surface area contributed by atoms with Crippen molar-refractivity contribution in [2.75, 3.05) is 19.8 Å². The summed E-state index contributed by atoms with van der Waals surface area (Å²) in [5.41, 5.74) is 1.21. The van der Waals surface area contributed by atoms with Gasteiger partial charge >= 0.3 is 0 Å². The second-order valence-electron chi connectivity index (χ2n) is 5.11. The molecule has 0 aliphatic carbocycles. The van der Waals surface area contributed by atoms with Gasteiger partial charge < -0.3 is 5.11 Å². The molecule has 106 valence electrons. The van der Waals surface area contributed by atoms with Crippen molar-refractivity contribution in [1.29, 1.82) is 0 Å². The number of nitrogens with zero attached hydrogens (tertiary/aromatic N) is 2. The fraction of sp³-hybridized carbons (Fsp3) is 0.692. The maximum atomic E-state index is 11.9. The van der Waals surface area contributed by atoms with Crippen molar-refractivity contribution in [2.45, 2.75) is 38.1 Å². The molecule has 2 saturated heterocycles. The highest BCUT2D eigenvalue weighted by atomic mass is 16.3. The average molecular weight is 267 g/mol. The molecular weight excluding hydrogens is 246 g/mol. The first-order chi connectivity index (χ1) is 9.11. The van der Waals surface area contributed by atoms with E-state index in [1.54, 1.807) is 5.01 Å². The summed E-state index contributed by atoms with van der Waals surface area (Å²) < 4.78 is 0. The highest BCUT2D eigenvalue weighted by Gasteiger charge is 2.34. The fourth-order valence-electron chi connectivity index (χ4n) is 2.64. The summed E-state index contributed by atoms with van der Waals surface area (Å²) in [7, 11) is 0. The molecule has 0 radical (unpaired) electrons. The predicted octanol–water partition coefficient (Wildman–Crippen LogP) is 0.000500. The van der Waals surface area contributed by atoms with Crippen molar-refractivity contribution in [3.8, 4) is 0 Å². The molecule has 2 fully saturated rings. The third-order valence-corrected chi connectivity index (χ3v) is 3.75. The number of hydrogen-bond donors (Lipinski definition) is 2. The first-order valence-corrected chi connectivity index (χ1v) is 6.74. The third-order valence-electron chi connectivity index (χ3n) is 3.75. The lowest BCUT2D eigenvalue weighted by Crippen LogP contribution is -2.58. The molecule has 0 aromatic rings. The summed E-state index contributed by atoms with van der Waals surface area (Å²) in [5, 5.41) is 15.6. The lowest BCUT2D eigenvalue weighted by Gasteiger charge is -2.38. The van der Waals surface area contributed by atoms with E-state index in [2.05, 4.69) is 11.9 Å². The third kappa shape index (κ3) is 3.40. The van der Waals surface area contributed by atoms with Gasteiger partial charge in [-0.25, -0.2) is 10.0 Å². The summed E-state index contributed by atoms with van der Waals surface area (Å²) >= 11 is 0. The second kappa shape index (κ2) is 6.27. The lowest BCUT2D eigenvalue weighted by atomic mass is 10.1. The standard InChI is InChI=1S/C13H21N3O3/c1-10-3-2-7-15(8-6-10)16(9-17)11-4-5-12(18)14-13(11)19/h11,17H,1-9H2,(H,14,18,19). The van der Waals surface area contributed by atoms with E-state index in [0.29, 0.717) is 12.8 Å². The molecule has 2 amide bonds. The summed E-state index contributed by atoms with van der Waals surface area (Å²) in [4.78, 5) is 23.0. The molecular formula is C13H21N3O3. The molecule has 2 aliphatic rings. The molecule has 2 rings (SSSR count). The Morgan fingerprint density at radius 3 is 2.79 bits per heavy atom. The van der Waals surface area contributed by atoms with E-state index >= 15 is 0 Å². The molecule has 6 nitrogen and oxygen atoms in total. The van der Waals surface area contributed by atoms with Crippen LogP contribution in [0.5, 0.6) is 0 Å². The van der Waals surface area contributed by atoms with E-state index in [9.17, 15) is 14.7 Å². The Balaban J connectivity index is 2.04. The van der Waals surface area contributed by atoms with Crippen molar-refractivity contribution in [1.82, 2.24) is 15.3 Å². The number of amides is 2. The van der Waals surface area contributed by atoms with Crippen LogP contribution >= 0.6 is 0 Å². The van der Waals surface area contributed by atoms with E-state index in [-0.39, 0.29) is 18.5 Å². The van der Waals surface area contributed by atoms with Gasteiger partial charge in [-0.1, -0.05) is 12.2 Å². The van der Waals surface area contributed by atoms with Crippen LogP contribution in [0.2, 0.25) is 0 Å². The van der Waals surface area contributed by atoms with Crippen LogP contribution in [0.15, 0.2) is 12.2 Å². The van der Waals surface area contributed by atoms with Crippen LogP contribution in [0.1, 0.15) is 32.1 Å². The van der Waals surface area contributed by atoms with Crippen LogP contribution in [-0.2, 0) is 9.59 Å². The van der Waals surface area contributed by atoms with E-state index in [0.717, 1.165) is 32.4 Å². The Hall–Kier alpha value is -1.24. The van der Waals surface area contributed by atoms with Crippen LogP contribution in [-0.4, -0.2) is 52.8 Å². The van der Waals surface area contributed by atoms with E-state index in [1.165, 1.54) is 5.57 Å². The number of nitrogens with one attached hydrogen (secondary N) is 1. The first kappa shape index (κ1) is 14.2. The number of rotatable bonds is 3. The van der Waals surface area contributed by atoms with Crippen LogP contribution in [0.4, 0.5) is 0 Å². The zero-order valence-corrected chi connectivity index (χ0v) is 11.1. The average Bonchev–Trinajstić information content (AvgIpc) is 2.58. The van der Waals surface area contributed by atoms with Gasteiger partial charge in [-0.15, -0.1) is 0 Å². The number of hydrazine groups is 1. The minimum absolute atomic E-state index is 0.210. The monoisotopic (exact) mass is 267 g/mol. The molecule has 2 aliphatic heterocycles. The van der Waals surface area contributed by atoms with Crippen molar-refractivity contribution in [3.05, 3.63) is 12.2 Å². The van der Waals surface area contributed by atoms with Gasteiger partial charge in [-0.05, 0) is 25.7 Å². The Kier molecular flexibility index (Phi) is 4.68. The molecule has 0 bridgehead atoms. The summed E-state index contributed by atoms with van der Waals surface area (Å²) in [6.45, 7) is 5.35. The summed E-state index contributed by atoms with van der Waals surface area (Å²) in [6, 6.07) is -0.450. The molecule has 1 unspecified atom stereocenters. The molecule has 0 aromatic carbocycles. The van der Waals surface area contributed by atoms with Crippen molar-refractivity contribution in [3.63, 3.8) is 0 Å². The number of aliphatic hydroxyl groups is 1. The van der Waals surface area contributed by atoms with Crippen LogP contribution in [0, 0.1) is 0 Å². The highest BCUT2D eigenvalue weighted by Crippen LogP contribution is 2.20. The predicted molar refractivity (Wildman–Crippen MR) is 69.7 cm³/mol. The Bertz CT molecular complexity index is 383. The van der Waals surface area contributed by atoms with Crippen molar-refractivity contribution < 1.29 is 14.7 Å². The molecule has 2 N–H and O–H groups in total. The number of carbonyl (C=O) groups is 2. The van der Waals surface area contributed by atoms with Gasteiger partial charge in [0.1, 0.15) is 12.8 Å². The van der Waals surface area contributed by atoms with E-state index in [1.807, 2.05) is 5.01 Å². The van der Waals surface area contributed by atoms with Gasteiger partial charge in [0.2, 0.25) is 11.8 Å². The van der Waals surface area contributed by atoms with Crippen LogP contribution in [0.3, 0.4) is 0 Å². The zero-order valence-electron chi connectivity index (χ0n) is 11.1. The quantitative estimate of drug-likeness (QED) is 0.428. The van der Waals surface area contributed by atoms with Crippen molar-refractivity contribution in [2.24, 2.45) is 0 Å². The smallest absolute Gasteiger partial charge is 0.245 e. The lowest BCUT2D eigenvalue weighted by molar-refractivity contribution is -0.155. The molecule has 6 heteroatoms. The normalized spacial score (nSPS) is 26.4. The maximum Gasteiger partial charge on any atom is 0.245 e. The Labute approximate surface area is 113 Å². The number of piperidine rings is 1. The van der Waals surface area contributed by atoms with Gasteiger partial charge in [-0.3, -0.25) is 14.9 Å². The number of carbonyl (C=O) groups excluding carboxylic acids is 2. The van der Waals surface area contributed by atoms with E-state index in [4.69, 9.17) is 0 Å². The topological polar surface area (TPSA) is 72.9 Å². The van der Waals surface area contributed by atoms with Gasteiger partial charge in [0, 0.05) is 19.5 Å². The van der Waals surface area contributed by atoms with Gasteiger partial charge in [-0.2, -0.15) is 0 Å². The molecule has 2 heterocycles. The van der Waals surface area contributed by atoms with Crippen molar-refractivity contribution >= 4 is 11.8 Å². The zero-order chi connectivity index (χ0) is 13.8. The first-order valence-electron chi connectivity index (χ1n) is 6.74. The number of aliphatic hydroxyl groups excluding tert-OH is 1. The number of hydrogen-bond acceptors (Lipinski definition) is 5. The Morgan fingerprint density at radius 1 is 1.32 bits per heavy atom.